The number of para-hydroxylation sites is 1. The molecule has 0 aliphatic rings. The van der Waals surface area contributed by atoms with Crippen molar-refractivity contribution in [3.63, 3.8) is 0 Å². The van der Waals surface area contributed by atoms with E-state index in [0.717, 1.165) is 11.1 Å². The van der Waals surface area contributed by atoms with Crippen molar-refractivity contribution < 1.29 is 22.7 Å². The fourth-order valence-corrected chi connectivity index (χ4v) is 4.26. The van der Waals surface area contributed by atoms with Gasteiger partial charge in [0.15, 0.2) is 0 Å². The quantitative estimate of drug-likeness (QED) is 0.335. The van der Waals surface area contributed by atoms with Crippen molar-refractivity contribution in [2.75, 3.05) is 0 Å². The summed E-state index contributed by atoms with van der Waals surface area (Å²) in [4.78, 5) is 12.2. The van der Waals surface area contributed by atoms with E-state index in [9.17, 15) is 18.0 Å². The lowest BCUT2D eigenvalue weighted by Crippen LogP contribution is -2.18. The van der Waals surface area contributed by atoms with Crippen molar-refractivity contribution >= 4 is 27.7 Å². The fraction of sp³-hybridized carbons (Fsp3) is 0.0741. The van der Waals surface area contributed by atoms with Gasteiger partial charge in [-0.25, -0.2) is 0 Å². The minimum atomic E-state index is -4.82. The van der Waals surface area contributed by atoms with Crippen LogP contribution in [0.15, 0.2) is 84.9 Å². The summed E-state index contributed by atoms with van der Waals surface area (Å²) >= 11 is 0. The third kappa shape index (κ3) is 3.96. The third-order valence-corrected chi connectivity index (χ3v) is 5.69. The number of carbonyl (C=O) groups excluding carboxylic acids is 1. The molecule has 7 heteroatoms. The van der Waals surface area contributed by atoms with Crippen molar-refractivity contribution in [3.05, 3.63) is 102 Å². The van der Waals surface area contributed by atoms with E-state index in [4.69, 9.17) is 5.73 Å². The molecular weight excluding hydrogens is 441 g/mol. The highest BCUT2D eigenvalue weighted by Crippen LogP contribution is 2.36. The van der Waals surface area contributed by atoms with Crippen LogP contribution in [0.4, 0.5) is 13.2 Å². The minimum Gasteiger partial charge on any atom is -0.405 e. The van der Waals surface area contributed by atoms with Gasteiger partial charge in [-0.05, 0) is 47.5 Å². The average Bonchev–Trinajstić information content (AvgIpc) is 3.13. The molecule has 0 saturated carbocycles. The second-order valence-electron chi connectivity index (χ2n) is 7.82. The Hall–Kier alpha value is -4.26. The molecule has 0 unspecified atom stereocenters. The van der Waals surface area contributed by atoms with Gasteiger partial charge in [-0.2, -0.15) is 0 Å². The van der Waals surface area contributed by atoms with Gasteiger partial charge in [-0.3, -0.25) is 4.79 Å². The Kier molecular flexibility index (Phi) is 5.24. The number of ether oxygens (including phenoxy) is 1. The van der Waals surface area contributed by atoms with Crippen LogP contribution in [0.25, 0.3) is 32.9 Å². The maximum Gasteiger partial charge on any atom is 0.573 e. The van der Waals surface area contributed by atoms with Crippen LogP contribution >= 0.6 is 0 Å². The van der Waals surface area contributed by atoms with Crippen molar-refractivity contribution in [2.45, 2.75) is 12.9 Å². The lowest BCUT2D eigenvalue weighted by Gasteiger charge is -2.15. The third-order valence-electron chi connectivity index (χ3n) is 5.69. The normalized spacial score (nSPS) is 11.7. The first kappa shape index (κ1) is 21.6. The molecule has 169 valence electrons. The molecule has 0 bridgehead atoms. The van der Waals surface area contributed by atoms with Gasteiger partial charge in [0.1, 0.15) is 5.75 Å². The second-order valence-corrected chi connectivity index (χ2v) is 7.82. The molecule has 4 nitrogen and oxygen atoms in total. The van der Waals surface area contributed by atoms with Crippen LogP contribution < -0.4 is 10.5 Å². The average molecular weight is 459 g/mol. The summed E-state index contributed by atoms with van der Waals surface area (Å²) in [5, 5.41) is 1.28. The summed E-state index contributed by atoms with van der Waals surface area (Å²) in [5.41, 5.74) is 9.53. The lowest BCUT2D eigenvalue weighted by molar-refractivity contribution is -0.274. The monoisotopic (exact) mass is 459 g/mol. The highest BCUT2D eigenvalue weighted by atomic mass is 19.4. The zero-order chi connectivity index (χ0) is 23.9. The molecule has 0 spiro atoms. The largest absolute Gasteiger partial charge is 0.573 e. The molecule has 0 aliphatic carbocycles. The van der Waals surface area contributed by atoms with E-state index < -0.39 is 12.3 Å². The standard InChI is InChI=1S/C27H18F3N2O2/c28-27(29,30)34-24-12-5-4-9-19(24)16-32-22-11-6-10-21(26(31)33)25(22)20-14-13-18(15-23(20)32)17-7-2-1-3-8-17/h1-13,15H,16H2,(H2,31,33). The molecule has 5 rings (SSSR count). The van der Waals surface area contributed by atoms with Crippen molar-refractivity contribution in [1.82, 2.24) is 4.57 Å². The van der Waals surface area contributed by atoms with Gasteiger partial charge in [0.25, 0.3) is 0 Å². The van der Waals surface area contributed by atoms with Crippen LogP contribution in [0.5, 0.6) is 5.75 Å². The van der Waals surface area contributed by atoms with Crippen LogP contribution in [0, 0.1) is 6.07 Å². The Bertz CT molecular complexity index is 1520. The Balaban J connectivity index is 1.76. The van der Waals surface area contributed by atoms with Crippen LogP contribution in [-0.2, 0) is 6.54 Å². The predicted octanol–water partition coefficient (Wildman–Crippen LogP) is 6.31. The summed E-state index contributed by atoms with van der Waals surface area (Å²) in [5.74, 6) is -0.870. The van der Waals surface area contributed by atoms with Crippen molar-refractivity contribution in [2.24, 2.45) is 5.73 Å². The van der Waals surface area contributed by atoms with Gasteiger partial charge in [0.2, 0.25) is 5.91 Å². The summed E-state index contributed by atoms with van der Waals surface area (Å²) in [6.07, 6.45) is -4.82. The number of hydrogen-bond acceptors (Lipinski definition) is 2. The predicted molar refractivity (Wildman–Crippen MR) is 124 cm³/mol. The first-order valence-electron chi connectivity index (χ1n) is 10.5. The van der Waals surface area contributed by atoms with E-state index in [2.05, 4.69) is 10.8 Å². The lowest BCUT2D eigenvalue weighted by atomic mass is 10.0. The van der Waals surface area contributed by atoms with Gasteiger partial charge >= 0.3 is 6.36 Å². The maximum atomic E-state index is 13.0. The number of primary amides is 1. The number of hydrogen-bond donors (Lipinski definition) is 1. The molecule has 34 heavy (non-hydrogen) atoms. The number of rotatable bonds is 5. The van der Waals surface area contributed by atoms with Gasteiger partial charge in [-0.1, -0.05) is 54.6 Å². The van der Waals surface area contributed by atoms with E-state index in [-0.39, 0.29) is 12.3 Å². The first-order valence-corrected chi connectivity index (χ1v) is 10.5. The Morgan fingerprint density at radius 1 is 0.912 bits per heavy atom. The van der Waals surface area contributed by atoms with Gasteiger partial charge in [0.05, 0.1) is 17.6 Å². The van der Waals surface area contributed by atoms with Crippen molar-refractivity contribution in [1.29, 1.82) is 0 Å². The highest BCUT2D eigenvalue weighted by molar-refractivity contribution is 6.18. The van der Waals surface area contributed by atoms with Crippen LogP contribution in [0.2, 0.25) is 0 Å². The molecule has 0 fully saturated rings. The second kappa shape index (κ2) is 8.26. The minimum absolute atomic E-state index is 0.0839. The van der Waals surface area contributed by atoms with Gasteiger partial charge in [-0.15, -0.1) is 13.2 Å². The Labute approximate surface area is 193 Å². The summed E-state index contributed by atoms with van der Waals surface area (Å²) in [6, 6.07) is 27.9. The molecule has 4 aromatic carbocycles. The molecule has 1 aromatic heterocycles. The van der Waals surface area contributed by atoms with E-state index >= 15 is 0 Å². The van der Waals surface area contributed by atoms with E-state index in [1.807, 2.05) is 53.1 Å². The van der Waals surface area contributed by atoms with E-state index in [1.165, 1.54) is 12.1 Å². The number of amides is 1. The van der Waals surface area contributed by atoms with Crippen molar-refractivity contribution in [3.8, 4) is 16.9 Å². The number of benzene rings is 4. The van der Waals surface area contributed by atoms with E-state index in [1.54, 1.807) is 24.3 Å². The van der Waals surface area contributed by atoms with Crippen LogP contribution in [0.3, 0.4) is 0 Å². The summed E-state index contributed by atoms with van der Waals surface area (Å²) in [7, 11) is 0. The molecular formula is C27H18F3N2O2. The number of fused-ring (bicyclic) bond motifs is 3. The van der Waals surface area contributed by atoms with Gasteiger partial charge in [0, 0.05) is 21.9 Å². The number of halogens is 3. The molecule has 1 heterocycles. The molecule has 0 atom stereocenters. The topological polar surface area (TPSA) is 57.2 Å². The fourth-order valence-electron chi connectivity index (χ4n) is 4.26. The Morgan fingerprint density at radius 3 is 2.38 bits per heavy atom. The molecule has 0 aliphatic heterocycles. The molecule has 1 radical (unpaired) electrons. The highest BCUT2D eigenvalue weighted by Gasteiger charge is 2.32. The SMILES string of the molecule is NC(=O)c1cccc2c1c1[c]cc(-c3ccccc3)cc1n2Cc1ccccc1OC(F)(F)F. The van der Waals surface area contributed by atoms with Crippen LogP contribution in [0.1, 0.15) is 15.9 Å². The molecule has 5 aromatic rings. The molecule has 0 saturated heterocycles. The maximum absolute atomic E-state index is 13.0. The summed E-state index contributed by atoms with van der Waals surface area (Å²) in [6.45, 7) is 0.0839. The molecule has 2 N–H and O–H groups in total. The zero-order valence-corrected chi connectivity index (χ0v) is 17.8. The number of nitrogens with zero attached hydrogens (tertiary/aromatic N) is 1. The van der Waals surface area contributed by atoms with Crippen LogP contribution in [-0.4, -0.2) is 16.8 Å². The van der Waals surface area contributed by atoms with E-state index in [0.29, 0.717) is 32.9 Å². The first-order chi connectivity index (χ1) is 16.3. The summed E-state index contributed by atoms with van der Waals surface area (Å²) < 4.78 is 45.1. The number of aromatic nitrogens is 1. The smallest absolute Gasteiger partial charge is 0.405 e. The number of alkyl halides is 3. The number of carbonyl (C=O) groups is 1. The number of nitrogens with two attached hydrogens (primary N) is 1. The van der Waals surface area contributed by atoms with Gasteiger partial charge < -0.3 is 15.0 Å². The Morgan fingerprint density at radius 2 is 1.65 bits per heavy atom. The zero-order valence-electron chi connectivity index (χ0n) is 17.8. The molecule has 1 amide bonds.